The van der Waals surface area contributed by atoms with Crippen LogP contribution in [0.5, 0.6) is 0 Å². The molecule has 5 rings (SSSR count). The maximum atomic E-state index is 3.69. The predicted octanol–water partition coefficient (Wildman–Crippen LogP) is 7.42. The van der Waals surface area contributed by atoms with E-state index in [0.717, 1.165) is 4.47 Å². The summed E-state index contributed by atoms with van der Waals surface area (Å²) < 4.78 is 1.09. The number of para-hydroxylation sites is 1. The molecule has 1 heterocycles. The van der Waals surface area contributed by atoms with Gasteiger partial charge in [0.15, 0.2) is 0 Å². The number of benzene rings is 4. The van der Waals surface area contributed by atoms with Gasteiger partial charge in [-0.3, -0.25) is 0 Å². The van der Waals surface area contributed by atoms with E-state index in [1.54, 1.807) is 0 Å². The Bertz CT molecular complexity index is 1220. The average Bonchev–Trinajstić information content (AvgIpc) is 3.07. The molecule has 4 aromatic carbocycles. The van der Waals surface area contributed by atoms with Crippen LogP contribution in [0, 0.1) is 0 Å². The average molecular weight is 398 g/mol. The van der Waals surface area contributed by atoms with Crippen LogP contribution in [-0.2, 0) is 0 Å². The molecule has 124 valence electrons. The van der Waals surface area contributed by atoms with Gasteiger partial charge in [-0.25, -0.2) is 0 Å². The number of H-pyrrole nitrogens is 1. The molecule has 2 heteroatoms. The van der Waals surface area contributed by atoms with Gasteiger partial charge in [-0.1, -0.05) is 88.7 Å². The normalized spacial score (nSPS) is 11.3. The van der Waals surface area contributed by atoms with Gasteiger partial charge in [-0.2, -0.15) is 0 Å². The lowest BCUT2D eigenvalue weighted by Gasteiger charge is -2.07. The van der Waals surface area contributed by atoms with Crippen molar-refractivity contribution in [3.8, 4) is 22.3 Å². The maximum absolute atomic E-state index is 3.69. The Labute approximate surface area is 160 Å². The van der Waals surface area contributed by atoms with Crippen molar-refractivity contribution in [1.29, 1.82) is 0 Å². The third kappa shape index (κ3) is 2.54. The van der Waals surface area contributed by atoms with Gasteiger partial charge in [0.1, 0.15) is 0 Å². The van der Waals surface area contributed by atoms with Gasteiger partial charge in [-0.15, -0.1) is 0 Å². The molecule has 1 aromatic heterocycles. The van der Waals surface area contributed by atoms with Crippen LogP contribution in [0.4, 0.5) is 0 Å². The summed E-state index contributed by atoms with van der Waals surface area (Å²) in [5.74, 6) is 0. The maximum Gasteiger partial charge on any atom is 0.0545 e. The highest BCUT2D eigenvalue weighted by molar-refractivity contribution is 9.10. The van der Waals surface area contributed by atoms with E-state index in [9.17, 15) is 0 Å². The third-order valence-corrected chi connectivity index (χ3v) is 5.34. The fourth-order valence-electron chi connectivity index (χ4n) is 3.62. The van der Waals surface area contributed by atoms with Crippen molar-refractivity contribution in [2.24, 2.45) is 0 Å². The Balaban J connectivity index is 1.69. The highest BCUT2D eigenvalue weighted by atomic mass is 79.9. The zero-order valence-electron chi connectivity index (χ0n) is 14.0. The van der Waals surface area contributed by atoms with E-state index in [-0.39, 0.29) is 0 Å². The van der Waals surface area contributed by atoms with Crippen molar-refractivity contribution in [2.45, 2.75) is 0 Å². The first kappa shape index (κ1) is 15.4. The summed E-state index contributed by atoms with van der Waals surface area (Å²) in [6.07, 6.45) is 0. The standard InChI is InChI=1S/C24H16BrN/c25-19-14-21(24-22(15-19)20-8-4-5-9-23(20)26-24)18-12-10-17(11-13-18)16-6-2-1-3-7-16/h1-15,26H. The molecule has 0 aliphatic rings. The van der Waals surface area contributed by atoms with Gasteiger partial charge in [0.2, 0.25) is 0 Å². The smallest absolute Gasteiger partial charge is 0.0545 e. The second-order valence-electron chi connectivity index (χ2n) is 6.49. The van der Waals surface area contributed by atoms with E-state index < -0.39 is 0 Å². The molecule has 0 spiro atoms. The van der Waals surface area contributed by atoms with Crippen LogP contribution >= 0.6 is 15.9 Å². The molecule has 0 unspecified atom stereocenters. The number of hydrogen-bond donors (Lipinski definition) is 1. The number of fused-ring (bicyclic) bond motifs is 3. The number of aromatic nitrogens is 1. The molecule has 0 bridgehead atoms. The fourth-order valence-corrected chi connectivity index (χ4v) is 4.07. The summed E-state index contributed by atoms with van der Waals surface area (Å²) in [7, 11) is 0. The zero-order valence-corrected chi connectivity index (χ0v) is 15.6. The molecule has 1 nitrogen and oxygen atoms in total. The molecule has 0 saturated carbocycles. The molecule has 0 aliphatic carbocycles. The molecule has 5 aromatic rings. The summed E-state index contributed by atoms with van der Waals surface area (Å²) in [5, 5.41) is 2.50. The van der Waals surface area contributed by atoms with E-state index in [1.807, 2.05) is 6.07 Å². The molecular weight excluding hydrogens is 382 g/mol. The second kappa shape index (κ2) is 6.15. The first-order valence-corrected chi connectivity index (χ1v) is 9.45. The summed E-state index contributed by atoms with van der Waals surface area (Å²) in [6, 6.07) is 32.1. The van der Waals surface area contributed by atoms with E-state index in [1.165, 1.54) is 44.1 Å². The molecular formula is C24H16BrN. The largest absolute Gasteiger partial charge is 0.354 e. The molecule has 1 N–H and O–H groups in total. The molecule has 0 amide bonds. The van der Waals surface area contributed by atoms with Crippen LogP contribution in [0.1, 0.15) is 0 Å². The highest BCUT2D eigenvalue weighted by Gasteiger charge is 2.11. The van der Waals surface area contributed by atoms with Crippen molar-refractivity contribution in [1.82, 2.24) is 4.98 Å². The number of aromatic amines is 1. The van der Waals surface area contributed by atoms with E-state index in [4.69, 9.17) is 0 Å². The van der Waals surface area contributed by atoms with Crippen molar-refractivity contribution in [3.63, 3.8) is 0 Å². The minimum Gasteiger partial charge on any atom is -0.354 e. The Morgan fingerprint density at radius 1 is 0.577 bits per heavy atom. The van der Waals surface area contributed by atoms with Crippen LogP contribution in [0.25, 0.3) is 44.1 Å². The SMILES string of the molecule is Brc1cc(-c2ccc(-c3ccccc3)cc2)c2[nH]c3ccccc3c2c1. The van der Waals surface area contributed by atoms with Crippen LogP contribution in [-0.4, -0.2) is 4.98 Å². The highest BCUT2D eigenvalue weighted by Crippen LogP contribution is 2.36. The van der Waals surface area contributed by atoms with E-state index in [0.29, 0.717) is 0 Å². The van der Waals surface area contributed by atoms with Gasteiger partial charge in [0.05, 0.1) is 5.52 Å². The second-order valence-corrected chi connectivity index (χ2v) is 7.41. The minimum atomic E-state index is 1.09. The molecule has 0 aliphatic heterocycles. The number of halogens is 1. The first-order valence-electron chi connectivity index (χ1n) is 8.65. The summed E-state index contributed by atoms with van der Waals surface area (Å²) in [6.45, 7) is 0. The summed E-state index contributed by atoms with van der Waals surface area (Å²) >= 11 is 3.69. The van der Waals surface area contributed by atoms with Crippen molar-refractivity contribution >= 4 is 37.7 Å². The molecule has 0 fully saturated rings. The summed E-state index contributed by atoms with van der Waals surface area (Å²) in [5.41, 5.74) is 7.25. The molecule has 0 saturated heterocycles. The Kier molecular flexibility index (Phi) is 3.65. The van der Waals surface area contributed by atoms with Crippen LogP contribution in [0.2, 0.25) is 0 Å². The molecule has 0 atom stereocenters. The Morgan fingerprint density at radius 3 is 2.04 bits per heavy atom. The van der Waals surface area contributed by atoms with Crippen molar-refractivity contribution < 1.29 is 0 Å². The monoisotopic (exact) mass is 397 g/mol. The lowest BCUT2D eigenvalue weighted by atomic mass is 9.98. The van der Waals surface area contributed by atoms with E-state index >= 15 is 0 Å². The van der Waals surface area contributed by atoms with Crippen LogP contribution in [0.15, 0.2) is 95.5 Å². The molecule has 0 radical (unpaired) electrons. The van der Waals surface area contributed by atoms with Crippen LogP contribution in [0.3, 0.4) is 0 Å². The minimum absolute atomic E-state index is 1.09. The number of hydrogen-bond acceptors (Lipinski definition) is 0. The number of rotatable bonds is 2. The van der Waals surface area contributed by atoms with Gasteiger partial charge in [0, 0.05) is 26.3 Å². The van der Waals surface area contributed by atoms with Gasteiger partial charge in [-0.05, 0) is 34.9 Å². The number of nitrogens with one attached hydrogen (secondary N) is 1. The lowest BCUT2D eigenvalue weighted by Crippen LogP contribution is -1.83. The first-order chi connectivity index (χ1) is 12.8. The Morgan fingerprint density at radius 2 is 1.23 bits per heavy atom. The van der Waals surface area contributed by atoms with Crippen LogP contribution < -0.4 is 0 Å². The van der Waals surface area contributed by atoms with Crippen molar-refractivity contribution in [3.05, 3.63) is 95.5 Å². The third-order valence-electron chi connectivity index (χ3n) is 4.88. The lowest BCUT2D eigenvalue weighted by molar-refractivity contribution is 1.53. The van der Waals surface area contributed by atoms with Gasteiger partial charge in [0.25, 0.3) is 0 Å². The quantitative estimate of drug-likeness (QED) is 0.319. The van der Waals surface area contributed by atoms with Gasteiger partial charge >= 0.3 is 0 Å². The van der Waals surface area contributed by atoms with E-state index in [2.05, 4.69) is 106 Å². The Hall–Kier alpha value is -2.84. The predicted molar refractivity (Wildman–Crippen MR) is 114 cm³/mol. The van der Waals surface area contributed by atoms with Gasteiger partial charge < -0.3 is 4.98 Å². The zero-order chi connectivity index (χ0) is 17.5. The molecule has 26 heavy (non-hydrogen) atoms. The van der Waals surface area contributed by atoms with Crippen molar-refractivity contribution in [2.75, 3.05) is 0 Å². The summed E-state index contributed by atoms with van der Waals surface area (Å²) in [4.78, 5) is 3.60. The fraction of sp³-hybridized carbons (Fsp3) is 0. The topological polar surface area (TPSA) is 15.8 Å².